The Morgan fingerprint density at radius 3 is 2.29 bits per heavy atom. The maximum atomic E-state index is 13.8. The van der Waals surface area contributed by atoms with Gasteiger partial charge in [0.1, 0.15) is 11.6 Å². The third kappa shape index (κ3) is 7.30. The van der Waals surface area contributed by atoms with Crippen molar-refractivity contribution < 1.29 is 31.4 Å². The van der Waals surface area contributed by atoms with Crippen LogP contribution in [0.1, 0.15) is 52.7 Å². The minimum atomic E-state index is -4.19. The molecular formula is C34H37F5N5O+. The molecule has 0 aromatic heterocycles. The number of nitrogens with zero attached hydrogens (tertiary/aromatic N) is 3. The van der Waals surface area contributed by atoms with E-state index in [9.17, 15) is 26.7 Å². The topological polar surface area (TPSA) is 50.6 Å². The molecule has 0 spiro atoms. The number of piperazine rings is 1. The Morgan fingerprint density at radius 2 is 1.60 bits per heavy atom. The van der Waals surface area contributed by atoms with Crippen LogP contribution in [-0.2, 0) is 12.8 Å². The third-order valence-corrected chi connectivity index (χ3v) is 9.12. The van der Waals surface area contributed by atoms with Gasteiger partial charge in [0.15, 0.2) is 6.21 Å². The highest BCUT2D eigenvalue weighted by atomic mass is 19.4. The highest BCUT2D eigenvalue weighted by Crippen LogP contribution is 2.39. The summed E-state index contributed by atoms with van der Waals surface area (Å²) in [7, 11) is 2.08. The Kier molecular flexibility index (Phi) is 8.81. The number of carbonyl (C=O) groups excluding carboxylic acids is 1. The highest BCUT2D eigenvalue weighted by molar-refractivity contribution is 6.00. The molecule has 0 unspecified atom stereocenters. The summed E-state index contributed by atoms with van der Waals surface area (Å²) in [6.07, 6.45) is -0.547. The van der Waals surface area contributed by atoms with Gasteiger partial charge in [-0.3, -0.25) is 4.79 Å². The molecule has 2 fully saturated rings. The number of nitrogens with one attached hydrogen (secondary N) is 2. The van der Waals surface area contributed by atoms with Crippen LogP contribution in [0.25, 0.3) is 0 Å². The standard InChI is InChI=1S/C34H36F5N5O/c1-42-12-14-43(15-13-42)29-8-9-30(31(21-29)40-28-6-4-25(5-7-28)34(37,38)39)33(45)41-44-11-10-24-3-2-22(19-32(24)44)16-23-17-26(35)20-27(36)18-23/h2-3,8-9,11,17-21,25,28H,4-7,10,12-16H2,1H3,(H-,40,41,45)/p+1. The van der Waals surface area contributed by atoms with Crippen molar-refractivity contribution in [2.45, 2.75) is 50.7 Å². The summed E-state index contributed by atoms with van der Waals surface area (Å²) in [6.45, 7) is 3.49. The van der Waals surface area contributed by atoms with Gasteiger partial charge in [0.2, 0.25) is 5.69 Å². The van der Waals surface area contributed by atoms with Gasteiger partial charge < -0.3 is 15.1 Å². The summed E-state index contributed by atoms with van der Waals surface area (Å²) >= 11 is 0. The summed E-state index contributed by atoms with van der Waals surface area (Å²) in [5.74, 6) is -2.91. The molecule has 45 heavy (non-hydrogen) atoms. The van der Waals surface area contributed by atoms with Crippen LogP contribution in [0.2, 0.25) is 0 Å². The van der Waals surface area contributed by atoms with E-state index in [1.807, 2.05) is 36.5 Å². The predicted octanol–water partition coefficient (Wildman–Crippen LogP) is 6.46. The number of likely N-dealkylation sites (N-methyl/N-ethyl adjacent to an activating group) is 1. The Hall–Kier alpha value is -3.99. The van der Waals surface area contributed by atoms with Crippen LogP contribution >= 0.6 is 0 Å². The number of rotatable bonds is 7. The normalized spacial score (nSPS) is 20.5. The summed E-state index contributed by atoms with van der Waals surface area (Å²) in [6, 6.07) is 14.7. The number of hydrazine groups is 1. The molecule has 3 aliphatic rings. The maximum absolute atomic E-state index is 13.8. The number of carbonyl (C=O) groups is 1. The van der Waals surface area contributed by atoms with E-state index < -0.39 is 23.7 Å². The van der Waals surface area contributed by atoms with Crippen LogP contribution in [0.15, 0.2) is 54.6 Å². The smallest absolute Gasteiger partial charge is 0.382 e. The largest absolute Gasteiger partial charge is 0.391 e. The number of anilines is 2. The van der Waals surface area contributed by atoms with E-state index in [-0.39, 0.29) is 24.8 Å². The molecule has 0 atom stereocenters. The molecule has 11 heteroatoms. The van der Waals surface area contributed by atoms with Gasteiger partial charge in [0.25, 0.3) is 0 Å². The fraction of sp³-hybridized carbons (Fsp3) is 0.412. The lowest BCUT2D eigenvalue weighted by Gasteiger charge is -2.35. The van der Waals surface area contributed by atoms with Crippen LogP contribution in [0.3, 0.4) is 0 Å². The van der Waals surface area contributed by atoms with Crippen LogP contribution in [0.4, 0.5) is 39.0 Å². The molecule has 0 bridgehead atoms. The molecule has 1 saturated heterocycles. The summed E-state index contributed by atoms with van der Waals surface area (Å²) in [4.78, 5) is 18.3. The molecule has 2 aliphatic heterocycles. The maximum Gasteiger partial charge on any atom is 0.391 e. The number of hydrogen-bond acceptors (Lipinski definition) is 4. The van der Waals surface area contributed by atoms with Gasteiger partial charge in [-0.15, -0.1) is 5.43 Å². The van der Waals surface area contributed by atoms with E-state index in [0.29, 0.717) is 42.5 Å². The van der Waals surface area contributed by atoms with Gasteiger partial charge in [-0.05, 0) is 80.6 Å². The Morgan fingerprint density at radius 1 is 0.889 bits per heavy atom. The number of fused-ring (bicyclic) bond motifs is 1. The zero-order chi connectivity index (χ0) is 31.7. The third-order valence-electron chi connectivity index (χ3n) is 9.12. The van der Waals surface area contributed by atoms with Gasteiger partial charge in [-0.1, -0.05) is 16.8 Å². The number of halogens is 5. The van der Waals surface area contributed by atoms with E-state index in [4.69, 9.17) is 0 Å². The number of alkyl halides is 3. The average molecular weight is 627 g/mol. The van der Waals surface area contributed by atoms with Gasteiger partial charge in [0, 0.05) is 61.3 Å². The van der Waals surface area contributed by atoms with Crippen molar-refractivity contribution in [3.8, 4) is 0 Å². The molecule has 0 radical (unpaired) electrons. The van der Waals surface area contributed by atoms with E-state index in [1.165, 1.54) is 12.1 Å². The first-order chi connectivity index (χ1) is 21.5. The van der Waals surface area contributed by atoms with Gasteiger partial charge in [-0.25, -0.2) is 8.78 Å². The van der Waals surface area contributed by atoms with Crippen LogP contribution in [0.5, 0.6) is 0 Å². The Labute approximate surface area is 259 Å². The van der Waals surface area contributed by atoms with Crippen molar-refractivity contribution in [1.29, 1.82) is 0 Å². The number of hydrogen-bond donors (Lipinski definition) is 2. The van der Waals surface area contributed by atoms with E-state index in [0.717, 1.165) is 54.7 Å². The molecular weight excluding hydrogens is 589 g/mol. The second kappa shape index (κ2) is 12.8. The second-order valence-electron chi connectivity index (χ2n) is 12.4. The highest BCUT2D eigenvalue weighted by Gasteiger charge is 2.41. The summed E-state index contributed by atoms with van der Waals surface area (Å²) in [5.41, 5.74) is 8.05. The molecule has 3 aromatic rings. The lowest BCUT2D eigenvalue weighted by Crippen LogP contribution is -2.44. The fourth-order valence-electron chi connectivity index (χ4n) is 6.52. The van der Waals surface area contributed by atoms with Crippen LogP contribution < -0.4 is 15.6 Å². The Balaban J connectivity index is 1.21. The number of amides is 1. The van der Waals surface area contributed by atoms with Gasteiger partial charge in [0.05, 0.1) is 17.9 Å². The van der Waals surface area contributed by atoms with Crippen LogP contribution in [-0.4, -0.2) is 67.2 Å². The molecule has 1 saturated carbocycles. The van der Waals surface area contributed by atoms with Crippen molar-refractivity contribution in [1.82, 2.24) is 10.3 Å². The first-order valence-corrected chi connectivity index (χ1v) is 15.4. The monoisotopic (exact) mass is 626 g/mol. The quantitative estimate of drug-likeness (QED) is 0.234. The van der Waals surface area contributed by atoms with Gasteiger partial charge >= 0.3 is 12.1 Å². The van der Waals surface area contributed by atoms with Crippen molar-refractivity contribution in [3.63, 3.8) is 0 Å². The number of benzene rings is 3. The second-order valence-corrected chi connectivity index (χ2v) is 12.4. The molecule has 238 valence electrons. The minimum absolute atomic E-state index is 0.0605. The zero-order valence-corrected chi connectivity index (χ0v) is 25.1. The Bertz CT molecular complexity index is 1570. The van der Waals surface area contributed by atoms with Crippen LogP contribution in [0, 0.1) is 17.6 Å². The molecule has 3 aromatic carbocycles. The van der Waals surface area contributed by atoms with Gasteiger partial charge in [-0.2, -0.15) is 13.2 Å². The predicted molar refractivity (Wildman–Crippen MR) is 164 cm³/mol. The first kappa shape index (κ1) is 31.0. The minimum Gasteiger partial charge on any atom is -0.382 e. The van der Waals surface area contributed by atoms with E-state index in [2.05, 4.69) is 27.6 Å². The average Bonchev–Trinajstić information content (AvgIpc) is 3.38. The first-order valence-electron chi connectivity index (χ1n) is 15.4. The molecule has 1 amide bonds. The molecule has 2 heterocycles. The SMILES string of the molecule is CN1CCN(c2ccc(C(=O)N[N+]3=CCc4ccc(Cc5cc(F)cc(F)c5)cc43)c(NC3CCC(C(F)(F)F)CC3)c2)CC1. The summed E-state index contributed by atoms with van der Waals surface area (Å²) in [5, 5.41) is 3.42. The van der Waals surface area contributed by atoms with Crippen molar-refractivity contribution >= 4 is 29.2 Å². The van der Waals surface area contributed by atoms with Crippen molar-refractivity contribution in [2.75, 3.05) is 43.4 Å². The lowest BCUT2D eigenvalue weighted by molar-refractivity contribution is -0.482. The zero-order valence-electron chi connectivity index (χ0n) is 25.1. The molecule has 1 aliphatic carbocycles. The fourth-order valence-corrected chi connectivity index (χ4v) is 6.52. The lowest BCUT2D eigenvalue weighted by atomic mass is 9.85. The van der Waals surface area contributed by atoms with E-state index >= 15 is 0 Å². The molecule has 6 nitrogen and oxygen atoms in total. The summed E-state index contributed by atoms with van der Waals surface area (Å²) < 4.78 is 69.1. The van der Waals surface area contributed by atoms with Crippen molar-refractivity contribution in [3.05, 3.63) is 88.5 Å². The molecule has 2 N–H and O–H groups in total. The van der Waals surface area contributed by atoms with E-state index in [1.54, 1.807) is 10.8 Å². The number of hydrazone groups is 1. The molecule has 6 rings (SSSR count). The van der Waals surface area contributed by atoms with Crippen molar-refractivity contribution in [2.24, 2.45) is 5.92 Å².